The first-order chi connectivity index (χ1) is 16.4. The summed E-state index contributed by atoms with van der Waals surface area (Å²) in [7, 11) is 0. The van der Waals surface area contributed by atoms with Crippen molar-refractivity contribution in [3.05, 3.63) is 76.1 Å². The van der Waals surface area contributed by atoms with Crippen LogP contribution in [0.3, 0.4) is 0 Å². The van der Waals surface area contributed by atoms with Gasteiger partial charge in [-0.05, 0) is 49.4 Å². The molecule has 34 heavy (non-hydrogen) atoms. The molecular weight excluding hydrogens is 426 g/mol. The van der Waals surface area contributed by atoms with Gasteiger partial charge in [-0.25, -0.2) is 0 Å². The van der Waals surface area contributed by atoms with Crippen molar-refractivity contribution in [3.8, 4) is 0 Å². The summed E-state index contributed by atoms with van der Waals surface area (Å²) in [6.07, 6.45) is 1.93. The second kappa shape index (κ2) is 9.99. The van der Waals surface area contributed by atoms with Crippen molar-refractivity contribution in [1.82, 2.24) is 30.5 Å². The van der Waals surface area contributed by atoms with E-state index in [2.05, 4.69) is 70.6 Å². The lowest BCUT2D eigenvalue weighted by Crippen LogP contribution is -2.36. The smallest absolute Gasteiger partial charge is 0.180 e. The first-order valence-corrected chi connectivity index (χ1v) is 11.6. The van der Waals surface area contributed by atoms with Crippen molar-refractivity contribution >= 4 is 22.7 Å². The Bertz CT molecular complexity index is 1300. The number of ketones is 1. The molecule has 0 saturated carbocycles. The van der Waals surface area contributed by atoms with Crippen LogP contribution in [-0.2, 0) is 13.0 Å². The Morgan fingerprint density at radius 1 is 1.12 bits per heavy atom. The van der Waals surface area contributed by atoms with Gasteiger partial charge in [0.25, 0.3) is 0 Å². The predicted octanol–water partition coefficient (Wildman–Crippen LogP) is 4.78. The quantitative estimate of drug-likeness (QED) is 0.232. The zero-order valence-corrected chi connectivity index (χ0v) is 20.1. The van der Waals surface area contributed by atoms with Crippen molar-refractivity contribution in [2.24, 2.45) is 0 Å². The van der Waals surface area contributed by atoms with E-state index >= 15 is 0 Å². The summed E-state index contributed by atoms with van der Waals surface area (Å²) in [5, 5.41) is 26.1. The molecule has 2 aromatic carbocycles. The SMILES string of the molecule is CC(=O)c1n[nH]c2c1CCN(C(=N)c1ccc3n[nH]nc3c1)C2.CCC(C)c1ccc(C)cc1. The average Bonchev–Trinajstić information content (AvgIpc) is 3.50. The van der Waals surface area contributed by atoms with E-state index in [1.807, 2.05) is 23.1 Å². The van der Waals surface area contributed by atoms with E-state index in [-0.39, 0.29) is 5.78 Å². The van der Waals surface area contributed by atoms with Crippen LogP contribution in [0.1, 0.15) is 71.5 Å². The van der Waals surface area contributed by atoms with E-state index in [1.54, 1.807) is 0 Å². The summed E-state index contributed by atoms with van der Waals surface area (Å²) in [5.74, 6) is 1.11. The summed E-state index contributed by atoms with van der Waals surface area (Å²) in [4.78, 5) is 13.5. The Morgan fingerprint density at radius 2 is 1.85 bits per heavy atom. The molecule has 0 radical (unpaired) electrons. The summed E-state index contributed by atoms with van der Waals surface area (Å²) in [5.41, 5.74) is 7.53. The van der Waals surface area contributed by atoms with Crippen LogP contribution in [0, 0.1) is 12.3 Å². The average molecular weight is 458 g/mol. The zero-order valence-electron chi connectivity index (χ0n) is 20.1. The highest BCUT2D eigenvalue weighted by atomic mass is 16.1. The Morgan fingerprint density at radius 3 is 2.56 bits per heavy atom. The third-order valence-corrected chi connectivity index (χ3v) is 6.43. The topological polar surface area (TPSA) is 114 Å². The number of nitrogens with one attached hydrogen (secondary N) is 3. The number of aromatic nitrogens is 5. The molecule has 8 heteroatoms. The normalized spacial score (nSPS) is 13.7. The molecule has 0 aliphatic carbocycles. The van der Waals surface area contributed by atoms with Gasteiger partial charge in [-0.2, -0.15) is 20.5 Å². The summed E-state index contributed by atoms with van der Waals surface area (Å²) >= 11 is 0. The molecular formula is C26H31N7O. The van der Waals surface area contributed by atoms with Crippen molar-refractivity contribution in [2.45, 2.75) is 53.0 Å². The molecule has 5 rings (SSSR count). The molecule has 4 aromatic rings. The zero-order chi connectivity index (χ0) is 24.2. The first kappa shape index (κ1) is 23.4. The van der Waals surface area contributed by atoms with Gasteiger partial charge in [-0.1, -0.05) is 43.7 Å². The molecule has 0 bridgehead atoms. The number of aromatic amines is 2. The van der Waals surface area contributed by atoms with Gasteiger partial charge in [0.2, 0.25) is 0 Å². The lowest BCUT2D eigenvalue weighted by molar-refractivity contribution is 0.101. The number of hydrogen-bond acceptors (Lipinski definition) is 5. The van der Waals surface area contributed by atoms with Crippen LogP contribution in [0.5, 0.6) is 0 Å². The number of hydrogen-bond donors (Lipinski definition) is 3. The fraction of sp³-hybridized carbons (Fsp3) is 0.346. The Hall–Kier alpha value is -3.81. The van der Waals surface area contributed by atoms with Crippen LogP contribution >= 0.6 is 0 Å². The molecule has 3 N–H and O–H groups in total. The predicted molar refractivity (Wildman–Crippen MR) is 133 cm³/mol. The minimum Gasteiger partial charge on any atom is -0.350 e. The van der Waals surface area contributed by atoms with Crippen molar-refractivity contribution in [1.29, 1.82) is 5.41 Å². The monoisotopic (exact) mass is 457 g/mol. The van der Waals surface area contributed by atoms with Gasteiger partial charge in [0.1, 0.15) is 22.6 Å². The second-order valence-electron chi connectivity index (χ2n) is 8.85. The molecule has 8 nitrogen and oxygen atoms in total. The number of benzene rings is 2. The maximum Gasteiger partial charge on any atom is 0.180 e. The fourth-order valence-electron chi connectivity index (χ4n) is 4.10. The molecule has 1 unspecified atom stereocenters. The van der Waals surface area contributed by atoms with E-state index in [0.717, 1.165) is 27.9 Å². The van der Waals surface area contributed by atoms with E-state index in [9.17, 15) is 4.79 Å². The molecule has 2 aromatic heterocycles. The van der Waals surface area contributed by atoms with Crippen LogP contribution in [0.4, 0.5) is 0 Å². The largest absolute Gasteiger partial charge is 0.350 e. The van der Waals surface area contributed by atoms with Gasteiger partial charge < -0.3 is 4.90 Å². The van der Waals surface area contributed by atoms with Crippen LogP contribution in [0.25, 0.3) is 11.0 Å². The Labute approximate surface area is 199 Å². The van der Waals surface area contributed by atoms with Gasteiger partial charge in [0.05, 0.1) is 12.2 Å². The molecule has 3 heterocycles. The highest BCUT2D eigenvalue weighted by Gasteiger charge is 2.25. The number of nitrogens with zero attached hydrogens (tertiary/aromatic N) is 4. The Kier molecular flexibility index (Phi) is 6.86. The number of aryl methyl sites for hydroxylation is 1. The number of Topliss-reactive ketones (excluding diaryl/α,β-unsaturated/α-hetero) is 1. The summed E-state index contributed by atoms with van der Waals surface area (Å²) in [6, 6.07) is 14.4. The lowest BCUT2D eigenvalue weighted by atomic mass is 9.98. The number of H-pyrrole nitrogens is 2. The highest BCUT2D eigenvalue weighted by molar-refractivity contribution is 5.99. The van der Waals surface area contributed by atoms with Crippen molar-refractivity contribution in [2.75, 3.05) is 6.54 Å². The molecule has 0 fully saturated rings. The molecule has 1 aliphatic heterocycles. The van der Waals surface area contributed by atoms with E-state index in [1.165, 1.54) is 24.5 Å². The standard InChI is InChI=1S/C15H15N7O.C11H16/c1-8(23)14-10-4-5-22(7-13(10)17-20-14)15(16)9-2-3-11-12(6-9)19-21-18-11;1-4-10(3)11-7-5-9(2)6-8-11/h2-3,6,16H,4-5,7H2,1H3,(H,17,20)(H,18,19,21);5-8,10H,4H2,1-3H3. The molecule has 176 valence electrons. The number of amidine groups is 1. The first-order valence-electron chi connectivity index (χ1n) is 11.6. The third-order valence-electron chi connectivity index (χ3n) is 6.43. The number of carbonyl (C=O) groups excluding carboxylic acids is 1. The van der Waals surface area contributed by atoms with Gasteiger partial charge in [0.15, 0.2) is 5.78 Å². The van der Waals surface area contributed by atoms with Crippen LogP contribution in [-0.4, -0.2) is 48.7 Å². The maximum atomic E-state index is 11.6. The minimum absolute atomic E-state index is 0.0255. The molecule has 1 aliphatic rings. The van der Waals surface area contributed by atoms with Crippen LogP contribution in [0.15, 0.2) is 42.5 Å². The lowest BCUT2D eigenvalue weighted by Gasteiger charge is -2.29. The molecule has 0 spiro atoms. The highest BCUT2D eigenvalue weighted by Crippen LogP contribution is 2.23. The van der Waals surface area contributed by atoms with E-state index in [0.29, 0.717) is 37.0 Å². The number of rotatable bonds is 4. The van der Waals surface area contributed by atoms with Crippen molar-refractivity contribution < 1.29 is 4.79 Å². The summed E-state index contributed by atoms with van der Waals surface area (Å²) < 4.78 is 0. The molecule has 1 atom stereocenters. The fourth-order valence-corrected chi connectivity index (χ4v) is 4.10. The number of fused-ring (bicyclic) bond motifs is 2. The minimum atomic E-state index is -0.0255. The van der Waals surface area contributed by atoms with Crippen LogP contribution < -0.4 is 0 Å². The summed E-state index contributed by atoms with van der Waals surface area (Å²) in [6.45, 7) is 9.38. The van der Waals surface area contributed by atoms with E-state index < -0.39 is 0 Å². The van der Waals surface area contributed by atoms with Crippen molar-refractivity contribution in [3.63, 3.8) is 0 Å². The number of carbonyl (C=O) groups is 1. The van der Waals surface area contributed by atoms with Gasteiger partial charge in [-0.15, -0.1) is 0 Å². The molecule has 0 saturated heterocycles. The van der Waals surface area contributed by atoms with Gasteiger partial charge in [0, 0.05) is 24.6 Å². The molecule has 0 amide bonds. The van der Waals surface area contributed by atoms with Crippen LogP contribution in [0.2, 0.25) is 0 Å². The second-order valence-corrected chi connectivity index (χ2v) is 8.85. The Balaban J connectivity index is 0.000000210. The maximum absolute atomic E-state index is 11.6. The van der Waals surface area contributed by atoms with Gasteiger partial charge in [-0.3, -0.25) is 15.3 Å². The van der Waals surface area contributed by atoms with Gasteiger partial charge >= 0.3 is 0 Å². The third kappa shape index (κ3) is 4.90. The van der Waals surface area contributed by atoms with E-state index in [4.69, 9.17) is 5.41 Å².